The lowest BCUT2D eigenvalue weighted by molar-refractivity contribution is 0.369. The molecule has 0 saturated carbocycles. The van der Waals surface area contributed by atoms with Crippen molar-refractivity contribution in [1.29, 1.82) is 0 Å². The zero-order chi connectivity index (χ0) is 12.0. The quantitative estimate of drug-likeness (QED) is 0.738. The van der Waals surface area contributed by atoms with E-state index in [4.69, 9.17) is 0 Å². The number of hydrogen-bond acceptors (Lipinski definition) is 1. The van der Waals surface area contributed by atoms with Gasteiger partial charge in [-0.15, -0.1) is 0 Å². The number of hydrogen-bond donors (Lipinski definition) is 1. The van der Waals surface area contributed by atoms with Gasteiger partial charge in [-0.25, -0.2) is 0 Å². The Morgan fingerprint density at radius 1 is 0.722 bits per heavy atom. The Bertz CT molecular complexity index is 547. The molecule has 1 spiro atoms. The molecule has 1 aliphatic heterocycles. The molecule has 0 amide bonds. The molecule has 2 aromatic rings. The minimum Gasteiger partial charge on any atom is -0.317 e. The number of benzene rings is 2. The van der Waals surface area contributed by atoms with Gasteiger partial charge >= 0.3 is 0 Å². The van der Waals surface area contributed by atoms with E-state index in [1.807, 2.05) is 0 Å². The van der Waals surface area contributed by atoms with E-state index in [9.17, 15) is 0 Å². The second-order valence-corrected chi connectivity index (χ2v) is 5.42. The first-order chi connectivity index (χ1) is 8.92. The first-order valence-corrected chi connectivity index (χ1v) is 6.82. The van der Waals surface area contributed by atoms with Crippen molar-refractivity contribution < 1.29 is 0 Å². The van der Waals surface area contributed by atoms with Crippen molar-refractivity contribution in [2.75, 3.05) is 13.1 Å². The SMILES string of the molecule is c1ccc2c(c1)-c1ccccc1C21CCNCC1. The van der Waals surface area contributed by atoms with Gasteiger partial charge in [0.05, 0.1) is 0 Å². The van der Waals surface area contributed by atoms with E-state index >= 15 is 0 Å². The fraction of sp³-hybridized carbons (Fsp3) is 0.294. The van der Waals surface area contributed by atoms with Gasteiger partial charge in [0.15, 0.2) is 0 Å². The molecule has 1 heteroatoms. The zero-order valence-corrected chi connectivity index (χ0v) is 10.4. The fourth-order valence-electron chi connectivity index (χ4n) is 3.81. The van der Waals surface area contributed by atoms with Gasteiger partial charge in [0.2, 0.25) is 0 Å². The zero-order valence-electron chi connectivity index (χ0n) is 10.4. The molecule has 1 fully saturated rings. The Kier molecular flexibility index (Phi) is 2.12. The molecular weight excluding hydrogens is 218 g/mol. The van der Waals surface area contributed by atoms with Crippen molar-refractivity contribution in [3.63, 3.8) is 0 Å². The van der Waals surface area contributed by atoms with E-state index in [0.717, 1.165) is 13.1 Å². The summed E-state index contributed by atoms with van der Waals surface area (Å²) >= 11 is 0. The summed E-state index contributed by atoms with van der Waals surface area (Å²) in [5, 5.41) is 3.50. The van der Waals surface area contributed by atoms with E-state index in [0.29, 0.717) is 0 Å². The minimum absolute atomic E-state index is 0.276. The second kappa shape index (κ2) is 3.69. The molecule has 90 valence electrons. The van der Waals surface area contributed by atoms with Crippen LogP contribution in [0, 0.1) is 0 Å². The highest BCUT2D eigenvalue weighted by Crippen LogP contribution is 2.52. The summed E-state index contributed by atoms with van der Waals surface area (Å²) in [6, 6.07) is 17.9. The molecule has 1 nitrogen and oxygen atoms in total. The predicted octanol–water partition coefficient (Wildman–Crippen LogP) is 3.34. The van der Waals surface area contributed by atoms with Crippen LogP contribution in [0.5, 0.6) is 0 Å². The van der Waals surface area contributed by atoms with E-state index in [-0.39, 0.29) is 5.41 Å². The van der Waals surface area contributed by atoms with Crippen molar-refractivity contribution in [2.45, 2.75) is 18.3 Å². The van der Waals surface area contributed by atoms with Crippen molar-refractivity contribution >= 4 is 0 Å². The van der Waals surface area contributed by atoms with Crippen LogP contribution in [0.25, 0.3) is 11.1 Å². The summed E-state index contributed by atoms with van der Waals surface area (Å²) < 4.78 is 0. The van der Waals surface area contributed by atoms with Crippen LogP contribution < -0.4 is 5.32 Å². The van der Waals surface area contributed by atoms with Crippen molar-refractivity contribution in [3.05, 3.63) is 59.7 Å². The molecule has 1 N–H and O–H groups in total. The highest BCUT2D eigenvalue weighted by Gasteiger charge is 2.43. The lowest BCUT2D eigenvalue weighted by Crippen LogP contribution is -2.39. The molecule has 0 radical (unpaired) electrons. The van der Waals surface area contributed by atoms with Crippen LogP contribution in [0.15, 0.2) is 48.5 Å². The lowest BCUT2D eigenvalue weighted by Gasteiger charge is -2.36. The normalized spacial score (nSPS) is 19.6. The summed E-state index contributed by atoms with van der Waals surface area (Å²) in [7, 11) is 0. The molecule has 18 heavy (non-hydrogen) atoms. The van der Waals surface area contributed by atoms with Gasteiger partial charge in [0.25, 0.3) is 0 Å². The third-order valence-corrected chi connectivity index (χ3v) is 4.63. The van der Waals surface area contributed by atoms with Gasteiger partial charge < -0.3 is 5.32 Å². The molecule has 0 aromatic heterocycles. The van der Waals surface area contributed by atoms with Crippen molar-refractivity contribution in [3.8, 4) is 11.1 Å². The first kappa shape index (κ1) is 10.3. The number of nitrogens with one attached hydrogen (secondary N) is 1. The Morgan fingerprint density at radius 2 is 1.22 bits per heavy atom. The molecule has 1 aliphatic carbocycles. The van der Waals surface area contributed by atoms with Gasteiger partial charge in [0.1, 0.15) is 0 Å². The van der Waals surface area contributed by atoms with Crippen LogP contribution in [0.3, 0.4) is 0 Å². The maximum atomic E-state index is 3.50. The van der Waals surface area contributed by atoms with Gasteiger partial charge in [-0.2, -0.15) is 0 Å². The first-order valence-electron chi connectivity index (χ1n) is 6.82. The molecule has 0 unspecified atom stereocenters. The molecule has 2 aliphatic rings. The molecule has 1 heterocycles. The molecule has 0 atom stereocenters. The van der Waals surface area contributed by atoms with Crippen molar-refractivity contribution in [1.82, 2.24) is 5.32 Å². The monoisotopic (exact) mass is 235 g/mol. The summed E-state index contributed by atoms with van der Waals surface area (Å²) in [5.41, 5.74) is 6.28. The van der Waals surface area contributed by atoms with Gasteiger partial charge in [-0.1, -0.05) is 48.5 Å². The summed E-state index contributed by atoms with van der Waals surface area (Å²) in [4.78, 5) is 0. The van der Waals surface area contributed by atoms with E-state index < -0.39 is 0 Å². The van der Waals surface area contributed by atoms with E-state index in [2.05, 4.69) is 53.8 Å². The summed E-state index contributed by atoms with van der Waals surface area (Å²) in [6.45, 7) is 2.26. The largest absolute Gasteiger partial charge is 0.317 e. The summed E-state index contributed by atoms with van der Waals surface area (Å²) in [6.07, 6.45) is 2.45. The third-order valence-electron chi connectivity index (χ3n) is 4.63. The second-order valence-electron chi connectivity index (χ2n) is 5.42. The Hall–Kier alpha value is -1.60. The van der Waals surface area contributed by atoms with Gasteiger partial charge in [-0.05, 0) is 48.2 Å². The van der Waals surface area contributed by atoms with E-state index in [1.54, 1.807) is 11.1 Å². The molecular formula is C17H17N. The highest BCUT2D eigenvalue weighted by atomic mass is 14.9. The smallest absolute Gasteiger partial charge is 0.0239 e. The van der Waals surface area contributed by atoms with E-state index in [1.165, 1.54) is 24.0 Å². The van der Waals surface area contributed by atoms with Crippen molar-refractivity contribution in [2.24, 2.45) is 0 Å². The Balaban J connectivity index is 2.03. The van der Waals surface area contributed by atoms with Crippen LogP contribution in [0.1, 0.15) is 24.0 Å². The molecule has 2 aromatic carbocycles. The topological polar surface area (TPSA) is 12.0 Å². The van der Waals surface area contributed by atoms with Gasteiger partial charge in [0, 0.05) is 5.41 Å². The van der Waals surface area contributed by atoms with Crippen LogP contribution >= 0.6 is 0 Å². The maximum Gasteiger partial charge on any atom is 0.0239 e. The lowest BCUT2D eigenvalue weighted by atomic mass is 9.71. The fourth-order valence-corrected chi connectivity index (χ4v) is 3.81. The summed E-state index contributed by atoms with van der Waals surface area (Å²) in [5.74, 6) is 0. The van der Waals surface area contributed by atoms with Crippen LogP contribution in [-0.2, 0) is 5.41 Å². The minimum atomic E-state index is 0.276. The standard InChI is InChI=1S/C17H17N/c1-3-7-15-13(5-1)14-6-2-4-8-16(14)17(15)9-11-18-12-10-17/h1-8,18H,9-12H2. The average Bonchev–Trinajstić information content (AvgIpc) is 2.72. The maximum absolute atomic E-state index is 3.50. The number of fused-ring (bicyclic) bond motifs is 5. The Labute approximate surface area is 108 Å². The van der Waals surface area contributed by atoms with Crippen LogP contribution in [-0.4, -0.2) is 13.1 Å². The van der Waals surface area contributed by atoms with Gasteiger partial charge in [-0.3, -0.25) is 0 Å². The highest BCUT2D eigenvalue weighted by molar-refractivity contribution is 5.81. The number of rotatable bonds is 0. The van der Waals surface area contributed by atoms with Crippen LogP contribution in [0.2, 0.25) is 0 Å². The Morgan fingerprint density at radius 3 is 1.78 bits per heavy atom. The molecule has 0 bridgehead atoms. The third kappa shape index (κ3) is 1.20. The molecule has 1 saturated heterocycles. The number of piperidine rings is 1. The van der Waals surface area contributed by atoms with Crippen LogP contribution in [0.4, 0.5) is 0 Å². The predicted molar refractivity (Wildman–Crippen MR) is 74.8 cm³/mol. The molecule has 4 rings (SSSR count). The average molecular weight is 235 g/mol.